The van der Waals surface area contributed by atoms with Gasteiger partial charge in [-0.25, -0.2) is 8.42 Å². The molecule has 0 spiro atoms. The van der Waals surface area contributed by atoms with Gasteiger partial charge in [0.2, 0.25) is 11.8 Å². The number of halogens is 2. The maximum absolute atomic E-state index is 14.1. The third kappa shape index (κ3) is 8.38. The Morgan fingerprint density at radius 2 is 1.59 bits per heavy atom. The number of nitrogens with zero attached hydrogens (tertiary/aromatic N) is 2. The highest BCUT2D eigenvalue weighted by Crippen LogP contribution is 2.28. The molecule has 220 valence electrons. The fourth-order valence-corrected chi connectivity index (χ4v) is 5.97. The number of rotatable bonds is 14. The molecule has 3 aromatic rings. The average molecular weight is 621 g/mol. The van der Waals surface area contributed by atoms with Crippen molar-refractivity contribution in [2.75, 3.05) is 24.0 Å². The Bertz CT molecular complexity index is 1420. The number of ether oxygens (including phenoxy) is 1. The van der Waals surface area contributed by atoms with Crippen LogP contribution in [0.3, 0.4) is 0 Å². The van der Waals surface area contributed by atoms with Gasteiger partial charge in [-0.2, -0.15) is 0 Å². The molecule has 0 saturated carbocycles. The van der Waals surface area contributed by atoms with Gasteiger partial charge in [-0.15, -0.1) is 0 Å². The minimum absolute atomic E-state index is 0.0225. The van der Waals surface area contributed by atoms with Crippen LogP contribution >= 0.6 is 23.2 Å². The Labute approximate surface area is 252 Å². The molecule has 1 N–H and O–H groups in total. The number of amides is 2. The number of nitrogens with one attached hydrogen (secondary N) is 1. The maximum atomic E-state index is 14.1. The zero-order valence-corrected chi connectivity index (χ0v) is 25.7. The highest BCUT2D eigenvalue weighted by Gasteiger charge is 2.34. The molecule has 0 saturated heterocycles. The van der Waals surface area contributed by atoms with Crippen molar-refractivity contribution in [1.29, 1.82) is 0 Å². The zero-order chi connectivity index (χ0) is 30.0. The first kappa shape index (κ1) is 32.2. The van der Waals surface area contributed by atoms with Crippen molar-refractivity contribution >= 4 is 50.7 Å². The third-order valence-electron chi connectivity index (χ3n) is 6.35. The first-order valence-electron chi connectivity index (χ1n) is 13.4. The van der Waals surface area contributed by atoms with Gasteiger partial charge in [-0.05, 0) is 79.9 Å². The molecule has 1 unspecified atom stereocenters. The van der Waals surface area contributed by atoms with Gasteiger partial charge >= 0.3 is 0 Å². The summed E-state index contributed by atoms with van der Waals surface area (Å²) in [6.45, 7) is 5.95. The van der Waals surface area contributed by atoms with Crippen LogP contribution in [0.2, 0.25) is 10.0 Å². The van der Waals surface area contributed by atoms with Gasteiger partial charge < -0.3 is 15.0 Å². The average Bonchev–Trinajstić information content (AvgIpc) is 2.96. The summed E-state index contributed by atoms with van der Waals surface area (Å²) in [4.78, 5) is 28.6. The van der Waals surface area contributed by atoms with Crippen molar-refractivity contribution in [2.45, 2.75) is 51.1 Å². The van der Waals surface area contributed by atoms with Crippen LogP contribution in [0, 0.1) is 0 Å². The molecule has 3 aromatic carbocycles. The highest BCUT2D eigenvalue weighted by atomic mass is 35.5. The maximum Gasteiger partial charge on any atom is 0.264 e. The molecular formula is C30H35Cl2N3O5S. The van der Waals surface area contributed by atoms with Crippen molar-refractivity contribution < 1.29 is 22.7 Å². The first-order chi connectivity index (χ1) is 19.6. The topological polar surface area (TPSA) is 96.0 Å². The Kier molecular flexibility index (Phi) is 11.9. The SMILES string of the molecule is CCCNC(=O)C(CC)N(Cc1ccccc1Cl)C(=O)CN(c1ccc(OCC)cc1)S(=O)(=O)c1ccc(Cl)cc1. The molecule has 0 aromatic heterocycles. The molecule has 0 aliphatic rings. The molecule has 0 aliphatic heterocycles. The van der Waals surface area contributed by atoms with E-state index in [1.165, 1.54) is 29.2 Å². The molecular weight excluding hydrogens is 585 g/mol. The summed E-state index contributed by atoms with van der Waals surface area (Å²) >= 11 is 12.4. The van der Waals surface area contributed by atoms with Gasteiger partial charge in [0.1, 0.15) is 18.3 Å². The molecule has 3 rings (SSSR count). The van der Waals surface area contributed by atoms with Crippen LogP contribution in [0.15, 0.2) is 77.7 Å². The summed E-state index contributed by atoms with van der Waals surface area (Å²) in [7, 11) is -4.21. The lowest BCUT2D eigenvalue weighted by atomic mass is 10.1. The molecule has 0 bridgehead atoms. The predicted octanol–water partition coefficient (Wildman–Crippen LogP) is 5.92. The molecule has 2 amide bonds. The fraction of sp³-hybridized carbons (Fsp3) is 0.333. The smallest absolute Gasteiger partial charge is 0.264 e. The van der Waals surface area contributed by atoms with E-state index in [4.69, 9.17) is 27.9 Å². The van der Waals surface area contributed by atoms with E-state index in [1.54, 1.807) is 55.5 Å². The largest absolute Gasteiger partial charge is 0.494 e. The molecule has 11 heteroatoms. The molecule has 0 radical (unpaired) electrons. The predicted molar refractivity (Wildman–Crippen MR) is 163 cm³/mol. The minimum atomic E-state index is -4.21. The van der Waals surface area contributed by atoms with E-state index < -0.39 is 28.5 Å². The van der Waals surface area contributed by atoms with Gasteiger partial charge in [0.25, 0.3) is 10.0 Å². The van der Waals surface area contributed by atoms with Crippen molar-refractivity contribution in [3.63, 3.8) is 0 Å². The lowest BCUT2D eigenvalue weighted by molar-refractivity contribution is -0.140. The second-order valence-electron chi connectivity index (χ2n) is 9.22. The Morgan fingerprint density at radius 1 is 0.927 bits per heavy atom. The number of carbonyl (C=O) groups is 2. The van der Waals surface area contributed by atoms with E-state index in [9.17, 15) is 18.0 Å². The Hall–Kier alpha value is -3.27. The van der Waals surface area contributed by atoms with Crippen molar-refractivity contribution in [3.8, 4) is 5.75 Å². The number of carbonyl (C=O) groups excluding carboxylic acids is 2. The summed E-state index contributed by atoms with van der Waals surface area (Å²) < 4.78 is 34.4. The molecule has 8 nitrogen and oxygen atoms in total. The van der Waals surface area contributed by atoms with Crippen LogP contribution in [-0.2, 0) is 26.2 Å². The lowest BCUT2D eigenvalue weighted by Gasteiger charge is -2.33. The monoisotopic (exact) mass is 619 g/mol. The normalized spacial score (nSPS) is 11.9. The van der Waals surface area contributed by atoms with Gasteiger partial charge in [0.15, 0.2) is 0 Å². The summed E-state index contributed by atoms with van der Waals surface area (Å²) in [6, 6.07) is 18.4. The van der Waals surface area contributed by atoms with E-state index in [-0.39, 0.29) is 23.0 Å². The Balaban J connectivity index is 2.06. The summed E-state index contributed by atoms with van der Waals surface area (Å²) in [5.41, 5.74) is 0.898. The standard InChI is InChI=1S/C30H35Cl2N3O5S/c1-4-19-33-30(37)28(5-2)34(20-22-9-7-8-10-27(22)32)29(36)21-35(24-13-15-25(16-14-24)40-6-3)41(38,39)26-17-11-23(31)12-18-26/h7-18,28H,4-6,19-21H2,1-3H3,(H,33,37). The van der Waals surface area contributed by atoms with Gasteiger partial charge in [0, 0.05) is 23.1 Å². The molecule has 1 atom stereocenters. The van der Waals surface area contributed by atoms with Crippen molar-refractivity contribution in [2.24, 2.45) is 0 Å². The minimum Gasteiger partial charge on any atom is -0.494 e. The highest BCUT2D eigenvalue weighted by molar-refractivity contribution is 7.92. The Morgan fingerprint density at radius 3 is 2.17 bits per heavy atom. The van der Waals surface area contributed by atoms with E-state index in [0.29, 0.717) is 40.9 Å². The van der Waals surface area contributed by atoms with Crippen LogP contribution in [0.1, 0.15) is 39.2 Å². The number of anilines is 1. The molecule has 0 heterocycles. The van der Waals surface area contributed by atoms with Crippen LogP contribution in [-0.4, -0.2) is 50.9 Å². The van der Waals surface area contributed by atoms with Crippen LogP contribution in [0.5, 0.6) is 5.75 Å². The lowest BCUT2D eigenvalue weighted by Crippen LogP contribution is -2.52. The van der Waals surface area contributed by atoms with E-state index >= 15 is 0 Å². The van der Waals surface area contributed by atoms with E-state index in [1.807, 2.05) is 13.8 Å². The third-order valence-corrected chi connectivity index (χ3v) is 8.76. The van der Waals surface area contributed by atoms with E-state index in [2.05, 4.69) is 5.32 Å². The van der Waals surface area contributed by atoms with Crippen LogP contribution in [0.4, 0.5) is 5.69 Å². The van der Waals surface area contributed by atoms with Gasteiger partial charge in [0.05, 0.1) is 17.2 Å². The second kappa shape index (κ2) is 15.1. The summed E-state index contributed by atoms with van der Waals surface area (Å²) in [6.07, 6.45) is 1.05. The zero-order valence-electron chi connectivity index (χ0n) is 23.3. The quantitative estimate of drug-likeness (QED) is 0.242. The fourth-order valence-electron chi connectivity index (χ4n) is 4.23. The van der Waals surface area contributed by atoms with Crippen LogP contribution < -0.4 is 14.4 Å². The number of hydrogen-bond acceptors (Lipinski definition) is 5. The van der Waals surface area contributed by atoms with Gasteiger partial charge in [-0.3, -0.25) is 13.9 Å². The number of benzene rings is 3. The number of hydrogen-bond donors (Lipinski definition) is 1. The second-order valence-corrected chi connectivity index (χ2v) is 11.9. The van der Waals surface area contributed by atoms with Crippen molar-refractivity contribution in [3.05, 3.63) is 88.4 Å². The van der Waals surface area contributed by atoms with Crippen LogP contribution in [0.25, 0.3) is 0 Å². The first-order valence-corrected chi connectivity index (χ1v) is 15.6. The van der Waals surface area contributed by atoms with Crippen molar-refractivity contribution in [1.82, 2.24) is 10.2 Å². The summed E-state index contributed by atoms with van der Waals surface area (Å²) in [5, 5.41) is 3.67. The summed E-state index contributed by atoms with van der Waals surface area (Å²) in [5.74, 6) is -0.317. The van der Waals surface area contributed by atoms with E-state index in [0.717, 1.165) is 10.7 Å². The van der Waals surface area contributed by atoms with Gasteiger partial charge in [-0.1, -0.05) is 55.2 Å². The molecule has 0 aliphatic carbocycles. The molecule has 0 fully saturated rings. The molecule has 41 heavy (non-hydrogen) atoms. The number of sulfonamides is 1.